The zero-order chi connectivity index (χ0) is 42.3. The van der Waals surface area contributed by atoms with E-state index < -0.39 is 0 Å². The van der Waals surface area contributed by atoms with Crippen molar-refractivity contribution in [3.8, 4) is 0 Å². The van der Waals surface area contributed by atoms with Gasteiger partial charge in [0, 0.05) is 24.5 Å². The van der Waals surface area contributed by atoms with E-state index in [2.05, 4.69) is 216 Å². The van der Waals surface area contributed by atoms with Gasteiger partial charge in [0.05, 0.1) is 0 Å². The van der Waals surface area contributed by atoms with E-state index in [1.165, 1.54) is 85.0 Å². The first-order valence-electron chi connectivity index (χ1n) is 21.0. The maximum absolute atomic E-state index is 6.01. The predicted molar refractivity (Wildman–Crippen MR) is 263 cm³/mol. The van der Waals surface area contributed by atoms with E-state index in [0.717, 1.165) is 30.4 Å². The molecule has 0 amide bonds. The van der Waals surface area contributed by atoms with Crippen LogP contribution in [0.15, 0.2) is 133 Å². The smallest absolute Gasteiger partial charge is 0.0430 e. The minimum Gasteiger partial charge on any atom is -0.399 e. The molecule has 2 N–H and O–H groups in total. The lowest BCUT2D eigenvalue weighted by atomic mass is 9.90. The van der Waals surface area contributed by atoms with Gasteiger partial charge in [-0.25, -0.2) is 0 Å². The molecular weight excluding hydrogens is 701 g/mol. The summed E-state index contributed by atoms with van der Waals surface area (Å²) in [5.74, 6) is 0. The van der Waals surface area contributed by atoms with Crippen molar-refractivity contribution in [3.63, 3.8) is 0 Å². The third kappa shape index (κ3) is 17.4. The fraction of sp³-hybridized carbons (Fsp3) is 0.321. The number of hydrogen-bond acceptors (Lipinski definition) is 2. The Hall–Kier alpha value is -5.34. The second-order valence-corrected chi connectivity index (χ2v) is 15.1. The Bertz CT molecular complexity index is 2130. The average molecular weight is 777 g/mol. The molecule has 0 aliphatic carbocycles. The Labute approximate surface area is 355 Å². The molecule has 2 nitrogen and oxygen atoms in total. The Morgan fingerprint density at radius 1 is 0.534 bits per heavy atom. The van der Waals surface area contributed by atoms with Crippen molar-refractivity contribution in [1.29, 1.82) is 0 Å². The molecule has 0 fully saturated rings. The Balaban J connectivity index is 0.000000568. The van der Waals surface area contributed by atoms with Gasteiger partial charge in [0.25, 0.3) is 0 Å². The Morgan fingerprint density at radius 3 is 1.53 bits per heavy atom. The molecule has 310 valence electrons. The number of anilines is 2. The van der Waals surface area contributed by atoms with Crippen LogP contribution in [0.1, 0.15) is 117 Å². The molecule has 0 spiro atoms. The van der Waals surface area contributed by atoms with Crippen molar-refractivity contribution in [2.75, 3.05) is 17.2 Å². The molecule has 0 unspecified atom stereocenters. The number of nitrogen functional groups attached to an aromatic ring is 1. The maximum Gasteiger partial charge on any atom is 0.0430 e. The molecule has 0 aliphatic rings. The molecule has 0 aromatic heterocycles. The van der Waals surface area contributed by atoms with Crippen LogP contribution in [0.3, 0.4) is 0 Å². The zero-order valence-corrected chi connectivity index (χ0v) is 37.5. The summed E-state index contributed by atoms with van der Waals surface area (Å²) < 4.78 is 0. The van der Waals surface area contributed by atoms with Gasteiger partial charge in [0.1, 0.15) is 0 Å². The van der Waals surface area contributed by atoms with Crippen LogP contribution in [-0.4, -0.2) is 6.54 Å². The standard InChI is InChI=1S/C32H34N2.C9H12.C8H10.2C3H8.CH4/c1-6-34(21-26-8-7-9-28(33)20-26)29-15-17-31(25(5)19-29)32(27-13-10-22(2)11-14-27)30-16-12-23(3)18-24(30)4;1-3-9-6-4-5-8(2)7-9;1-7-3-5-8(2)6-4-7;2*1-3-2;/h7-20H,3,6,21,33H2,1-2,4-5H3;4-7H,3H2,1-2H3;3-6H,1-2H3;2*3H2,1-2H3;1H4/b32-30+;;;;;. The monoisotopic (exact) mass is 777 g/mol. The molecular formula is C56H76N2. The molecule has 0 aliphatic heterocycles. The van der Waals surface area contributed by atoms with Crippen LogP contribution in [0.25, 0.3) is 12.2 Å². The Kier molecular flexibility index (Phi) is 23.9. The molecule has 6 rings (SSSR count). The molecule has 6 aromatic rings. The molecule has 0 atom stereocenters. The van der Waals surface area contributed by atoms with Gasteiger partial charge < -0.3 is 10.6 Å². The van der Waals surface area contributed by atoms with E-state index in [9.17, 15) is 0 Å². The van der Waals surface area contributed by atoms with E-state index in [1.54, 1.807) is 0 Å². The molecule has 0 saturated heterocycles. The van der Waals surface area contributed by atoms with Crippen LogP contribution < -0.4 is 21.1 Å². The highest BCUT2D eigenvalue weighted by Crippen LogP contribution is 2.29. The summed E-state index contributed by atoms with van der Waals surface area (Å²) in [5.41, 5.74) is 22.2. The van der Waals surface area contributed by atoms with Crippen LogP contribution in [-0.2, 0) is 13.0 Å². The summed E-state index contributed by atoms with van der Waals surface area (Å²) in [6.45, 7) is 31.6. The van der Waals surface area contributed by atoms with Gasteiger partial charge in [-0.1, -0.05) is 193 Å². The highest BCUT2D eigenvalue weighted by molar-refractivity contribution is 5.82. The van der Waals surface area contributed by atoms with Gasteiger partial charge in [-0.05, 0) is 129 Å². The minimum absolute atomic E-state index is 0. The summed E-state index contributed by atoms with van der Waals surface area (Å²) in [6.07, 6.45) is 3.64. The number of aryl methyl sites for hydroxylation is 7. The van der Waals surface area contributed by atoms with Gasteiger partial charge in [0.2, 0.25) is 0 Å². The van der Waals surface area contributed by atoms with Gasteiger partial charge in [-0.3, -0.25) is 0 Å². The van der Waals surface area contributed by atoms with E-state index in [0.29, 0.717) is 0 Å². The average Bonchev–Trinajstić information content (AvgIpc) is 3.18. The van der Waals surface area contributed by atoms with Gasteiger partial charge in [0.15, 0.2) is 0 Å². The summed E-state index contributed by atoms with van der Waals surface area (Å²) in [7, 11) is 0. The van der Waals surface area contributed by atoms with Crippen molar-refractivity contribution in [2.45, 2.75) is 116 Å². The quantitative estimate of drug-likeness (QED) is 0.164. The maximum atomic E-state index is 6.01. The zero-order valence-electron chi connectivity index (χ0n) is 37.5. The van der Waals surface area contributed by atoms with Crippen LogP contribution in [0.2, 0.25) is 0 Å². The van der Waals surface area contributed by atoms with Crippen molar-refractivity contribution >= 4 is 23.5 Å². The van der Waals surface area contributed by atoms with Crippen molar-refractivity contribution in [3.05, 3.63) is 200 Å². The molecule has 6 aromatic carbocycles. The Morgan fingerprint density at radius 2 is 1.07 bits per heavy atom. The minimum atomic E-state index is 0. The fourth-order valence-electron chi connectivity index (χ4n) is 6.17. The van der Waals surface area contributed by atoms with Crippen LogP contribution in [0.5, 0.6) is 0 Å². The van der Waals surface area contributed by atoms with Crippen LogP contribution >= 0.6 is 0 Å². The number of hydrogen-bond donors (Lipinski definition) is 1. The normalized spacial score (nSPS) is 10.3. The van der Waals surface area contributed by atoms with Crippen molar-refractivity contribution in [1.82, 2.24) is 0 Å². The summed E-state index contributed by atoms with van der Waals surface area (Å²) >= 11 is 0. The third-order valence-corrected chi connectivity index (χ3v) is 9.16. The molecule has 0 heterocycles. The molecule has 2 heteroatoms. The van der Waals surface area contributed by atoms with Gasteiger partial charge >= 0.3 is 0 Å². The number of nitrogens with two attached hydrogens (primary N) is 1. The van der Waals surface area contributed by atoms with Crippen molar-refractivity contribution < 1.29 is 0 Å². The van der Waals surface area contributed by atoms with E-state index in [4.69, 9.17) is 5.73 Å². The van der Waals surface area contributed by atoms with E-state index in [-0.39, 0.29) is 7.43 Å². The number of rotatable bonds is 7. The van der Waals surface area contributed by atoms with Gasteiger partial charge in [-0.15, -0.1) is 0 Å². The van der Waals surface area contributed by atoms with Gasteiger partial charge in [-0.2, -0.15) is 0 Å². The van der Waals surface area contributed by atoms with E-state index >= 15 is 0 Å². The fourth-order valence-corrected chi connectivity index (χ4v) is 6.17. The van der Waals surface area contributed by atoms with Crippen molar-refractivity contribution in [2.24, 2.45) is 0 Å². The van der Waals surface area contributed by atoms with Crippen LogP contribution in [0, 0.1) is 41.5 Å². The lowest BCUT2D eigenvalue weighted by Crippen LogP contribution is -2.22. The second-order valence-electron chi connectivity index (χ2n) is 15.1. The highest BCUT2D eigenvalue weighted by atomic mass is 15.1. The lowest BCUT2D eigenvalue weighted by Gasteiger charge is -2.25. The molecule has 58 heavy (non-hydrogen) atoms. The first-order valence-corrected chi connectivity index (χ1v) is 21.0. The topological polar surface area (TPSA) is 29.3 Å². The predicted octanol–water partition coefficient (Wildman–Crippen LogP) is 14.2. The first kappa shape index (κ1) is 50.7. The lowest BCUT2D eigenvalue weighted by molar-refractivity contribution is 0.831. The van der Waals surface area contributed by atoms with E-state index in [1.807, 2.05) is 12.1 Å². The second kappa shape index (κ2) is 27.3. The number of benzene rings is 6. The van der Waals surface area contributed by atoms with Crippen LogP contribution in [0.4, 0.5) is 11.4 Å². The molecule has 0 radical (unpaired) electrons. The molecule has 0 saturated carbocycles. The highest BCUT2D eigenvalue weighted by Gasteiger charge is 2.13. The first-order chi connectivity index (χ1) is 27.3. The SMILES string of the molecule is C.C=c1cc/c(=C(/c2ccc(C)cc2)c2ccc(N(CC)Cc3cccc(N)c3)cc2C)c(C)c1.CCC.CCC.CCc1cccc(C)c1.Cc1ccc(C)cc1. The summed E-state index contributed by atoms with van der Waals surface area (Å²) in [4.78, 5) is 2.39. The molecule has 0 bridgehead atoms. The number of nitrogens with zero attached hydrogens (tertiary/aromatic N) is 1. The largest absolute Gasteiger partial charge is 0.399 e. The summed E-state index contributed by atoms with van der Waals surface area (Å²) in [6, 6.07) is 47.4. The summed E-state index contributed by atoms with van der Waals surface area (Å²) in [5, 5.41) is 2.29. The third-order valence-electron chi connectivity index (χ3n) is 9.16.